The van der Waals surface area contributed by atoms with E-state index in [0.29, 0.717) is 61.6 Å². The average Bonchev–Trinajstić information content (AvgIpc) is 3.50. The number of thiophene rings is 1. The summed E-state index contributed by atoms with van der Waals surface area (Å²) in [6, 6.07) is 14.4. The Labute approximate surface area is 295 Å². The maximum absolute atomic E-state index is 14.3. The summed E-state index contributed by atoms with van der Waals surface area (Å²) in [7, 11) is 1.24. The number of pyridine rings is 1. The standard InChI is InChI=1S/C38H40N4O7S/c1-6-14-39-35(44)30-10-9-26(32(41-30)36(45)47-5)27-20-31-29(33-22(12-16-48-31)13-17-50-33)19-28(27)34(43)40-25-8-7-24-21-42(15-11-23(24)18-25)37(46)49-38(2,3)4/h7-10,13,17-20H,6,11-12,14-16,21H2,1-5H3,(H,39,44)(H,40,43). The molecule has 2 aliphatic heterocycles. The molecule has 0 radical (unpaired) electrons. The van der Waals surface area contributed by atoms with E-state index in [-0.39, 0.29) is 23.0 Å². The Balaban J connectivity index is 1.38. The third-order valence-corrected chi connectivity index (χ3v) is 9.44. The van der Waals surface area contributed by atoms with Crippen molar-refractivity contribution < 1.29 is 33.4 Å². The number of ether oxygens (including phenoxy) is 3. The van der Waals surface area contributed by atoms with Gasteiger partial charge in [-0.05, 0) is 98.1 Å². The Morgan fingerprint density at radius 3 is 2.52 bits per heavy atom. The highest BCUT2D eigenvalue weighted by molar-refractivity contribution is 7.13. The first-order chi connectivity index (χ1) is 24.0. The maximum atomic E-state index is 14.3. The smallest absolute Gasteiger partial charge is 0.410 e. The van der Waals surface area contributed by atoms with Crippen LogP contribution in [0.3, 0.4) is 0 Å². The summed E-state index contributed by atoms with van der Waals surface area (Å²) in [6.07, 6.45) is 1.70. The lowest BCUT2D eigenvalue weighted by atomic mass is 9.93. The van der Waals surface area contributed by atoms with Gasteiger partial charge in [0.25, 0.3) is 11.8 Å². The van der Waals surface area contributed by atoms with Crippen LogP contribution in [0.2, 0.25) is 0 Å². The van der Waals surface area contributed by atoms with E-state index in [1.807, 2.05) is 51.3 Å². The number of aromatic nitrogens is 1. The SMILES string of the molecule is CCCNC(=O)c1ccc(-c2cc3c(cc2C(=O)Nc2ccc4c(c2)CCN(C(=O)OC(C)(C)C)C4)-c2sccc2CCO3)c(C(=O)OC)n1. The minimum atomic E-state index is -0.747. The number of fused-ring (bicyclic) bond motifs is 4. The first-order valence-corrected chi connectivity index (χ1v) is 17.5. The fraction of sp³-hybridized carbons (Fsp3) is 0.342. The topological polar surface area (TPSA) is 136 Å². The molecule has 2 N–H and O–H groups in total. The molecule has 2 aromatic carbocycles. The molecule has 0 spiro atoms. The van der Waals surface area contributed by atoms with Crippen LogP contribution in [0.5, 0.6) is 5.75 Å². The summed E-state index contributed by atoms with van der Waals surface area (Å²) in [4.78, 5) is 60.0. The van der Waals surface area contributed by atoms with Gasteiger partial charge in [-0.3, -0.25) is 9.59 Å². The van der Waals surface area contributed by atoms with Gasteiger partial charge >= 0.3 is 12.1 Å². The molecule has 11 nitrogen and oxygen atoms in total. The van der Waals surface area contributed by atoms with E-state index in [1.54, 1.807) is 34.4 Å². The molecule has 0 unspecified atom stereocenters. The van der Waals surface area contributed by atoms with Gasteiger partial charge in [-0.1, -0.05) is 13.0 Å². The molecule has 6 rings (SSSR count). The second kappa shape index (κ2) is 14.3. The first-order valence-electron chi connectivity index (χ1n) is 16.6. The Morgan fingerprint density at radius 1 is 0.940 bits per heavy atom. The second-order valence-corrected chi connectivity index (χ2v) is 14.1. The monoisotopic (exact) mass is 696 g/mol. The van der Waals surface area contributed by atoms with Crippen LogP contribution < -0.4 is 15.4 Å². The molecule has 0 saturated carbocycles. The van der Waals surface area contributed by atoms with Gasteiger partial charge in [0.15, 0.2) is 5.69 Å². The van der Waals surface area contributed by atoms with Crippen molar-refractivity contribution in [2.45, 2.75) is 59.1 Å². The molecule has 0 atom stereocenters. The second-order valence-electron chi connectivity index (χ2n) is 13.2. The molecule has 0 saturated heterocycles. The minimum Gasteiger partial charge on any atom is -0.493 e. The van der Waals surface area contributed by atoms with Crippen molar-refractivity contribution in [3.63, 3.8) is 0 Å². The Morgan fingerprint density at radius 2 is 1.76 bits per heavy atom. The van der Waals surface area contributed by atoms with Crippen LogP contribution in [-0.4, -0.2) is 66.2 Å². The Bertz CT molecular complexity index is 1980. The molecule has 50 heavy (non-hydrogen) atoms. The number of hydrogen-bond donors (Lipinski definition) is 2. The van der Waals surface area contributed by atoms with Crippen molar-refractivity contribution in [2.24, 2.45) is 0 Å². The molecule has 12 heteroatoms. The normalized spacial score (nSPS) is 13.5. The van der Waals surface area contributed by atoms with Crippen LogP contribution in [-0.2, 0) is 28.9 Å². The number of carbonyl (C=O) groups is 4. The van der Waals surface area contributed by atoms with Gasteiger partial charge in [0.2, 0.25) is 0 Å². The molecule has 0 fully saturated rings. The van der Waals surface area contributed by atoms with Crippen molar-refractivity contribution in [2.75, 3.05) is 32.1 Å². The van der Waals surface area contributed by atoms with Crippen molar-refractivity contribution in [1.82, 2.24) is 15.2 Å². The van der Waals surface area contributed by atoms with Gasteiger partial charge in [-0.15, -0.1) is 11.3 Å². The number of hydrogen-bond acceptors (Lipinski definition) is 9. The van der Waals surface area contributed by atoms with Crippen LogP contribution in [0, 0.1) is 0 Å². The van der Waals surface area contributed by atoms with E-state index in [9.17, 15) is 19.2 Å². The molecule has 0 bridgehead atoms. The quantitative estimate of drug-likeness (QED) is 0.200. The average molecular weight is 697 g/mol. The largest absolute Gasteiger partial charge is 0.493 e. The van der Waals surface area contributed by atoms with E-state index in [1.165, 1.54) is 13.2 Å². The summed E-state index contributed by atoms with van der Waals surface area (Å²) in [6.45, 7) is 9.27. The van der Waals surface area contributed by atoms with E-state index in [2.05, 4.69) is 21.7 Å². The number of methoxy groups -OCH3 is 1. The Hall–Kier alpha value is -5.23. The van der Waals surface area contributed by atoms with Crippen molar-refractivity contribution >= 4 is 40.9 Å². The third-order valence-electron chi connectivity index (χ3n) is 8.45. The Kier molecular flexibility index (Phi) is 9.92. The molecular formula is C38H40N4O7S. The number of esters is 1. The minimum absolute atomic E-state index is 0.0575. The lowest BCUT2D eigenvalue weighted by molar-refractivity contribution is 0.0223. The van der Waals surface area contributed by atoms with Gasteiger partial charge in [0.1, 0.15) is 17.0 Å². The number of nitrogens with one attached hydrogen (secondary N) is 2. The molecule has 260 valence electrons. The predicted octanol–water partition coefficient (Wildman–Crippen LogP) is 6.88. The van der Waals surface area contributed by atoms with E-state index < -0.39 is 23.4 Å². The number of nitrogens with zero attached hydrogens (tertiary/aromatic N) is 2. The zero-order chi connectivity index (χ0) is 35.6. The summed E-state index contributed by atoms with van der Waals surface area (Å²) in [5.74, 6) is -1.000. The zero-order valence-corrected chi connectivity index (χ0v) is 29.6. The number of anilines is 1. The molecular weight excluding hydrogens is 657 g/mol. The summed E-state index contributed by atoms with van der Waals surface area (Å²) < 4.78 is 16.8. The van der Waals surface area contributed by atoms with Gasteiger partial charge in [-0.2, -0.15) is 0 Å². The van der Waals surface area contributed by atoms with Gasteiger partial charge in [-0.25, -0.2) is 14.6 Å². The molecule has 0 aliphatic carbocycles. The third kappa shape index (κ3) is 7.35. The van der Waals surface area contributed by atoms with Crippen LogP contribution in [0.4, 0.5) is 10.5 Å². The summed E-state index contributed by atoms with van der Waals surface area (Å²) in [5.41, 5.74) is 4.88. The highest BCUT2D eigenvalue weighted by Gasteiger charge is 2.29. The van der Waals surface area contributed by atoms with Crippen molar-refractivity contribution in [3.8, 4) is 27.3 Å². The van der Waals surface area contributed by atoms with Gasteiger partial charge < -0.3 is 29.7 Å². The fourth-order valence-electron chi connectivity index (χ4n) is 6.02. The van der Waals surface area contributed by atoms with Crippen molar-refractivity contribution in [3.05, 3.63) is 87.6 Å². The van der Waals surface area contributed by atoms with Crippen LogP contribution >= 0.6 is 11.3 Å². The fourth-order valence-corrected chi connectivity index (χ4v) is 7.00. The van der Waals surface area contributed by atoms with Crippen molar-refractivity contribution in [1.29, 1.82) is 0 Å². The maximum Gasteiger partial charge on any atom is 0.410 e. The first kappa shape index (κ1) is 34.6. The van der Waals surface area contributed by atoms with Crippen LogP contribution in [0.15, 0.2) is 53.9 Å². The van der Waals surface area contributed by atoms with E-state index in [4.69, 9.17) is 14.2 Å². The lowest BCUT2D eigenvalue weighted by Crippen LogP contribution is -2.39. The van der Waals surface area contributed by atoms with Gasteiger partial charge in [0, 0.05) is 58.9 Å². The van der Waals surface area contributed by atoms with E-state index in [0.717, 1.165) is 33.6 Å². The zero-order valence-electron chi connectivity index (χ0n) is 28.8. The highest BCUT2D eigenvalue weighted by Crippen LogP contribution is 2.43. The molecule has 4 aromatic rings. The predicted molar refractivity (Wildman–Crippen MR) is 191 cm³/mol. The number of rotatable bonds is 7. The molecule has 2 aromatic heterocycles. The molecule has 3 amide bonds. The highest BCUT2D eigenvalue weighted by atomic mass is 32.1. The number of benzene rings is 2. The number of amides is 3. The summed E-state index contributed by atoms with van der Waals surface area (Å²) in [5, 5.41) is 7.86. The van der Waals surface area contributed by atoms with Crippen LogP contribution in [0.1, 0.15) is 82.1 Å². The lowest BCUT2D eigenvalue weighted by Gasteiger charge is -2.31. The summed E-state index contributed by atoms with van der Waals surface area (Å²) >= 11 is 1.57. The number of carbonyl (C=O) groups excluding carboxylic acids is 4. The van der Waals surface area contributed by atoms with E-state index >= 15 is 0 Å². The molecule has 2 aliphatic rings. The molecule has 4 heterocycles. The van der Waals surface area contributed by atoms with Gasteiger partial charge in [0.05, 0.1) is 13.7 Å². The van der Waals surface area contributed by atoms with Crippen LogP contribution in [0.25, 0.3) is 21.6 Å².